The Morgan fingerprint density at radius 2 is 1.69 bits per heavy atom. The van der Waals surface area contributed by atoms with Gasteiger partial charge in [-0.2, -0.15) is 15.7 Å². The summed E-state index contributed by atoms with van der Waals surface area (Å²) in [5, 5.41) is 4.95. The summed E-state index contributed by atoms with van der Waals surface area (Å²) in [5.41, 5.74) is 8.24. The second-order valence-corrected chi connectivity index (χ2v) is 15.7. The number of likely N-dealkylation sites (tertiary alicyclic amines) is 1. The second-order valence-electron chi connectivity index (χ2n) is 13.3. The molecular formula is C34H44N6O4S. The molecule has 0 saturated carbocycles. The van der Waals surface area contributed by atoms with E-state index < -0.39 is 16.2 Å². The number of rotatable bonds is 5. The molecule has 0 aliphatic carbocycles. The molecule has 4 heterocycles. The SMILES string of the molecule is Cc1nn(C2CCN(C(=O)OC(C)(C)C)CC2)c(C)c1-c1cnc2cccc(-c3ccc(CN4CCS(O)(O)CC4)cc3)c2n1. The minimum Gasteiger partial charge on any atom is -0.444 e. The van der Waals surface area contributed by atoms with E-state index in [0.29, 0.717) is 37.7 Å². The standard InChI is InChI=1S/C34H44N6O4S/c1-23-31(24(2)40(37-23)27-13-15-39(16-14-27)33(41)44-34(3,4)5)30-21-35-29-8-6-7-28(32(29)36-30)26-11-9-25(10-12-26)22-38-17-19-45(42,43)20-18-38/h6-12,21,27,42-43H,13-20,22H2,1-5H3. The number of carbonyl (C=O) groups is 1. The van der Waals surface area contributed by atoms with Gasteiger partial charge in [0.1, 0.15) is 5.60 Å². The van der Waals surface area contributed by atoms with Crippen molar-refractivity contribution in [3.8, 4) is 22.4 Å². The van der Waals surface area contributed by atoms with Crippen LogP contribution < -0.4 is 0 Å². The summed E-state index contributed by atoms with van der Waals surface area (Å²) >= 11 is 0. The highest BCUT2D eigenvalue weighted by Gasteiger charge is 2.30. The molecule has 2 aromatic carbocycles. The smallest absolute Gasteiger partial charge is 0.410 e. The van der Waals surface area contributed by atoms with Crippen molar-refractivity contribution in [2.24, 2.45) is 0 Å². The van der Waals surface area contributed by atoms with E-state index >= 15 is 0 Å². The average molecular weight is 633 g/mol. The van der Waals surface area contributed by atoms with Gasteiger partial charge in [-0.15, -0.1) is 0 Å². The molecule has 10 nitrogen and oxygen atoms in total. The van der Waals surface area contributed by atoms with Crippen LogP contribution in [0.25, 0.3) is 33.4 Å². The van der Waals surface area contributed by atoms with Gasteiger partial charge in [-0.05, 0) is 64.7 Å². The number of aromatic nitrogens is 4. The highest BCUT2D eigenvalue weighted by atomic mass is 32.3. The first kappa shape index (κ1) is 31.5. The van der Waals surface area contributed by atoms with Gasteiger partial charge >= 0.3 is 6.09 Å². The van der Waals surface area contributed by atoms with E-state index in [2.05, 4.69) is 46.8 Å². The van der Waals surface area contributed by atoms with Gasteiger partial charge in [0, 0.05) is 49.5 Å². The largest absolute Gasteiger partial charge is 0.444 e. The zero-order valence-electron chi connectivity index (χ0n) is 26.9. The predicted octanol–water partition coefficient (Wildman–Crippen LogP) is 6.92. The molecule has 0 radical (unpaired) electrons. The van der Waals surface area contributed by atoms with Crippen LogP contribution in [0.4, 0.5) is 4.79 Å². The summed E-state index contributed by atoms with van der Waals surface area (Å²) < 4.78 is 27.5. The lowest BCUT2D eigenvalue weighted by atomic mass is 10.0. The third-order valence-electron chi connectivity index (χ3n) is 8.76. The molecule has 1 amide bonds. The number of aryl methyl sites for hydroxylation is 1. The van der Waals surface area contributed by atoms with Gasteiger partial charge in [-0.1, -0.05) is 36.4 Å². The highest BCUT2D eigenvalue weighted by molar-refractivity contribution is 8.24. The van der Waals surface area contributed by atoms with Crippen molar-refractivity contribution in [3.05, 3.63) is 65.6 Å². The Morgan fingerprint density at radius 1 is 1.00 bits per heavy atom. The number of para-hydroxylation sites is 1. The van der Waals surface area contributed by atoms with Crippen LogP contribution in [-0.4, -0.2) is 88.0 Å². The molecule has 0 unspecified atom stereocenters. The molecule has 0 spiro atoms. The van der Waals surface area contributed by atoms with E-state index in [1.165, 1.54) is 5.56 Å². The zero-order valence-corrected chi connectivity index (χ0v) is 27.7. The zero-order chi connectivity index (χ0) is 31.9. The molecule has 45 heavy (non-hydrogen) atoms. The number of fused-ring (bicyclic) bond motifs is 1. The molecule has 2 fully saturated rings. The maximum absolute atomic E-state index is 12.6. The predicted molar refractivity (Wildman–Crippen MR) is 180 cm³/mol. The minimum absolute atomic E-state index is 0.194. The van der Waals surface area contributed by atoms with Crippen molar-refractivity contribution < 1.29 is 18.6 Å². The maximum Gasteiger partial charge on any atom is 0.410 e. The Morgan fingerprint density at radius 3 is 2.36 bits per heavy atom. The third kappa shape index (κ3) is 7.01. The first-order chi connectivity index (χ1) is 21.4. The maximum atomic E-state index is 12.6. The van der Waals surface area contributed by atoms with E-state index in [1.807, 2.05) is 46.0 Å². The fourth-order valence-corrected chi connectivity index (χ4v) is 7.67. The molecule has 2 aliphatic heterocycles. The van der Waals surface area contributed by atoms with Crippen molar-refractivity contribution in [2.45, 2.75) is 65.6 Å². The lowest BCUT2D eigenvalue weighted by Crippen LogP contribution is -2.42. The fourth-order valence-electron chi connectivity index (χ4n) is 6.37. The Balaban J connectivity index is 1.21. The van der Waals surface area contributed by atoms with Crippen LogP contribution in [0.5, 0.6) is 0 Å². The number of hydrogen-bond acceptors (Lipinski definition) is 8. The Kier molecular flexibility index (Phi) is 8.64. The number of carbonyl (C=O) groups excluding carboxylic acids is 1. The van der Waals surface area contributed by atoms with Crippen LogP contribution in [-0.2, 0) is 11.3 Å². The molecule has 2 aliphatic rings. The van der Waals surface area contributed by atoms with Gasteiger partial charge in [-0.3, -0.25) is 23.7 Å². The van der Waals surface area contributed by atoms with Crippen LogP contribution in [0.2, 0.25) is 0 Å². The van der Waals surface area contributed by atoms with Crippen LogP contribution in [0.3, 0.4) is 0 Å². The summed E-state index contributed by atoms with van der Waals surface area (Å²) in [6.07, 6.45) is 3.21. The Labute approximate surface area is 266 Å². The average Bonchev–Trinajstić information content (AvgIpc) is 3.30. The molecule has 11 heteroatoms. The quantitative estimate of drug-likeness (QED) is 0.244. The van der Waals surface area contributed by atoms with Gasteiger partial charge in [0.25, 0.3) is 0 Å². The molecule has 240 valence electrons. The first-order valence-electron chi connectivity index (χ1n) is 15.7. The van der Waals surface area contributed by atoms with Gasteiger partial charge in [0.05, 0.1) is 46.2 Å². The number of benzene rings is 2. The summed E-state index contributed by atoms with van der Waals surface area (Å²) in [7, 11) is -2.39. The number of piperidine rings is 1. The highest BCUT2D eigenvalue weighted by Crippen LogP contribution is 2.40. The molecule has 4 aromatic rings. The number of amides is 1. The molecule has 0 atom stereocenters. The van der Waals surface area contributed by atoms with E-state index in [-0.39, 0.29) is 12.1 Å². The Hall–Kier alpha value is -3.51. The van der Waals surface area contributed by atoms with Crippen molar-refractivity contribution in [2.75, 3.05) is 37.7 Å². The number of nitrogens with zero attached hydrogens (tertiary/aromatic N) is 6. The lowest BCUT2D eigenvalue weighted by molar-refractivity contribution is 0.0184. The monoisotopic (exact) mass is 632 g/mol. The van der Waals surface area contributed by atoms with Gasteiger partial charge in [0.2, 0.25) is 0 Å². The number of hydrogen-bond donors (Lipinski definition) is 2. The summed E-state index contributed by atoms with van der Waals surface area (Å²) in [4.78, 5) is 26.6. The van der Waals surface area contributed by atoms with Crippen molar-refractivity contribution in [3.63, 3.8) is 0 Å². The molecule has 2 aromatic heterocycles. The summed E-state index contributed by atoms with van der Waals surface area (Å²) in [6.45, 7) is 13.3. The van der Waals surface area contributed by atoms with Crippen LogP contribution >= 0.6 is 10.6 Å². The van der Waals surface area contributed by atoms with Gasteiger partial charge in [-0.25, -0.2) is 9.78 Å². The van der Waals surface area contributed by atoms with Crippen molar-refractivity contribution >= 4 is 27.7 Å². The number of ether oxygens (including phenoxy) is 1. The van der Waals surface area contributed by atoms with Crippen molar-refractivity contribution in [1.82, 2.24) is 29.5 Å². The van der Waals surface area contributed by atoms with E-state index in [4.69, 9.17) is 19.8 Å². The lowest BCUT2D eigenvalue weighted by Gasteiger charge is -2.41. The summed E-state index contributed by atoms with van der Waals surface area (Å²) in [6, 6.07) is 14.8. The van der Waals surface area contributed by atoms with E-state index in [0.717, 1.165) is 64.2 Å². The Bertz CT molecular complexity index is 1680. The van der Waals surface area contributed by atoms with Crippen LogP contribution in [0.1, 0.15) is 56.6 Å². The summed E-state index contributed by atoms with van der Waals surface area (Å²) in [5.74, 6) is 0.903. The fraction of sp³-hybridized carbons (Fsp3) is 0.471. The molecule has 2 N–H and O–H groups in total. The van der Waals surface area contributed by atoms with Gasteiger partial charge in [0.15, 0.2) is 0 Å². The third-order valence-corrected chi connectivity index (χ3v) is 10.4. The van der Waals surface area contributed by atoms with E-state index in [1.54, 1.807) is 4.90 Å². The van der Waals surface area contributed by atoms with Crippen molar-refractivity contribution in [1.29, 1.82) is 0 Å². The first-order valence-corrected chi connectivity index (χ1v) is 17.6. The van der Waals surface area contributed by atoms with Gasteiger partial charge < -0.3 is 9.64 Å². The van der Waals surface area contributed by atoms with E-state index in [9.17, 15) is 13.9 Å². The second kappa shape index (κ2) is 12.4. The molecule has 2 saturated heterocycles. The molecule has 0 bridgehead atoms. The molecular weight excluding hydrogens is 588 g/mol. The normalized spacial score (nSPS) is 18.7. The van der Waals surface area contributed by atoms with Crippen LogP contribution in [0.15, 0.2) is 48.7 Å². The molecule has 6 rings (SSSR count). The topological polar surface area (TPSA) is 117 Å². The van der Waals surface area contributed by atoms with Crippen LogP contribution in [0, 0.1) is 13.8 Å². The minimum atomic E-state index is -2.39.